The summed E-state index contributed by atoms with van der Waals surface area (Å²) in [6, 6.07) is 10.7. The lowest BCUT2D eigenvalue weighted by Crippen LogP contribution is -2.18. The Morgan fingerprint density at radius 2 is 1.83 bits per heavy atom. The molecule has 2 heteroatoms. The Labute approximate surface area is 141 Å². The second-order valence-corrected chi connectivity index (χ2v) is 6.62. The molecule has 0 spiro atoms. The molecule has 0 N–H and O–H groups in total. The van der Waals surface area contributed by atoms with Crippen molar-refractivity contribution >= 4 is 0 Å². The van der Waals surface area contributed by atoms with Crippen LogP contribution in [0.15, 0.2) is 53.6 Å². The van der Waals surface area contributed by atoms with Gasteiger partial charge in [0.05, 0.1) is 6.10 Å². The summed E-state index contributed by atoms with van der Waals surface area (Å²) >= 11 is 0. The Morgan fingerprint density at radius 3 is 2.52 bits per heavy atom. The zero-order chi connectivity index (χ0) is 16.5. The van der Waals surface area contributed by atoms with Crippen molar-refractivity contribution in [3.63, 3.8) is 0 Å². The summed E-state index contributed by atoms with van der Waals surface area (Å²) in [4.78, 5) is 0. The predicted octanol–water partition coefficient (Wildman–Crippen LogP) is 5.30. The van der Waals surface area contributed by atoms with Gasteiger partial charge in [0.15, 0.2) is 0 Å². The van der Waals surface area contributed by atoms with Crippen LogP contribution in [0.25, 0.3) is 0 Å². The molecule has 0 aliphatic heterocycles. The summed E-state index contributed by atoms with van der Waals surface area (Å²) in [5, 5.41) is 0. The third kappa shape index (κ3) is 6.32. The minimum Gasteiger partial charge on any atom is -0.359 e. The minimum absolute atomic E-state index is 0.168. The number of ether oxygens (including phenoxy) is 2. The Balaban J connectivity index is 1.84. The maximum Gasteiger partial charge on any atom is 0.147 e. The number of benzene rings is 1. The summed E-state index contributed by atoms with van der Waals surface area (Å²) in [5.74, 6) is 0.580. The summed E-state index contributed by atoms with van der Waals surface area (Å²) in [6.07, 6.45) is 10.6. The number of aryl methyl sites for hydroxylation is 1. The van der Waals surface area contributed by atoms with Gasteiger partial charge in [-0.25, -0.2) is 0 Å². The van der Waals surface area contributed by atoms with Gasteiger partial charge in [-0.05, 0) is 49.2 Å². The van der Waals surface area contributed by atoms with E-state index in [2.05, 4.69) is 56.3 Å². The molecule has 2 nitrogen and oxygen atoms in total. The van der Waals surface area contributed by atoms with Gasteiger partial charge in [-0.2, -0.15) is 0 Å². The SMILES string of the molecule is COCOC1C=C(CCCCc2ccccc2)C=C(C(C)C)C1. The summed E-state index contributed by atoms with van der Waals surface area (Å²) < 4.78 is 10.8. The summed E-state index contributed by atoms with van der Waals surface area (Å²) in [6.45, 7) is 4.89. The first kappa shape index (κ1) is 18.0. The highest BCUT2D eigenvalue weighted by Crippen LogP contribution is 2.28. The zero-order valence-electron chi connectivity index (χ0n) is 14.8. The van der Waals surface area contributed by atoms with Crippen LogP contribution in [-0.4, -0.2) is 20.0 Å². The van der Waals surface area contributed by atoms with E-state index in [-0.39, 0.29) is 6.10 Å². The van der Waals surface area contributed by atoms with E-state index in [9.17, 15) is 0 Å². The first-order chi connectivity index (χ1) is 11.2. The molecular formula is C21H30O2. The fourth-order valence-electron chi connectivity index (χ4n) is 3.00. The fourth-order valence-corrected chi connectivity index (χ4v) is 3.00. The van der Waals surface area contributed by atoms with Crippen molar-refractivity contribution in [3.05, 3.63) is 59.2 Å². The molecule has 0 bridgehead atoms. The van der Waals surface area contributed by atoms with Crippen LogP contribution in [0.3, 0.4) is 0 Å². The van der Waals surface area contributed by atoms with E-state index in [1.807, 2.05) is 0 Å². The average molecular weight is 314 g/mol. The predicted molar refractivity (Wildman–Crippen MR) is 96.4 cm³/mol. The monoisotopic (exact) mass is 314 g/mol. The molecule has 126 valence electrons. The lowest BCUT2D eigenvalue weighted by molar-refractivity contribution is -0.0559. The minimum atomic E-state index is 0.168. The van der Waals surface area contributed by atoms with E-state index in [4.69, 9.17) is 9.47 Å². The second-order valence-electron chi connectivity index (χ2n) is 6.62. The van der Waals surface area contributed by atoms with Gasteiger partial charge < -0.3 is 9.47 Å². The van der Waals surface area contributed by atoms with Crippen molar-refractivity contribution in [2.75, 3.05) is 13.9 Å². The highest BCUT2D eigenvalue weighted by molar-refractivity contribution is 5.31. The Hall–Kier alpha value is -1.38. The van der Waals surface area contributed by atoms with Crippen molar-refractivity contribution in [1.82, 2.24) is 0 Å². The first-order valence-corrected chi connectivity index (χ1v) is 8.74. The number of allylic oxidation sites excluding steroid dienone is 2. The van der Waals surface area contributed by atoms with E-state index in [0.717, 1.165) is 12.8 Å². The van der Waals surface area contributed by atoms with E-state index in [0.29, 0.717) is 12.7 Å². The maximum atomic E-state index is 5.78. The average Bonchev–Trinajstić information content (AvgIpc) is 2.57. The molecule has 0 heterocycles. The molecule has 1 aromatic rings. The Kier molecular flexibility index (Phi) is 7.57. The van der Waals surface area contributed by atoms with E-state index in [1.165, 1.54) is 36.0 Å². The summed E-state index contributed by atoms with van der Waals surface area (Å²) in [7, 11) is 1.68. The number of hydrogen-bond acceptors (Lipinski definition) is 2. The van der Waals surface area contributed by atoms with Crippen LogP contribution >= 0.6 is 0 Å². The smallest absolute Gasteiger partial charge is 0.147 e. The quantitative estimate of drug-likeness (QED) is 0.455. The maximum absolute atomic E-state index is 5.78. The lowest BCUT2D eigenvalue weighted by Gasteiger charge is -2.24. The normalized spacial score (nSPS) is 18.0. The lowest BCUT2D eigenvalue weighted by atomic mass is 9.88. The van der Waals surface area contributed by atoms with Crippen LogP contribution in [0, 0.1) is 5.92 Å². The molecule has 1 aromatic carbocycles. The Morgan fingerprint density at radius 1 is 1.09 bits per heavy atom. The molecule has 1 aliphatic carbocycles. The molecule has 23 heavy (non-hydrogen) atoms. The molecule has 1 atom stereocenters. The van der Waals surface area contributed by atoms with Gasteiger partial charge in [0, 0.05) is 7.11 Å². The largest absolute Gasteiger partial charge is 0.359 e. The van der Waals surface area contributed by atoms with Gasteiger partial charge in [-0.3, -0.25) is 0 Å². The molecule has 2 rings (SSSR count). The van der Waals surface area contributed by atoms with Crippen LogP contribution in [0.5, 0.6) is 0 Å². The number of rotatable bonds is 9. The standard InChI is InChI=1S/C21H30O2/c1-17(2)20-13-19(14-21(15-20)23-16-22-3)12-8-7-11-18-9-5-4-6-10-18/h4-6,9-10,13-14,17,21H,7-8,11-12,15-16H2,1-3H3. The molecule has 0 amide bonds. The third-order valence-corrected chi connectivity index (χ3v) is 4.37. The fraction of sp³-hybridized carbons (Fsp3) is 0.524. The highest BCUT2D eigenvalue weighted by atomic mass is 16.7. The van der Waals surface area contributed by atoms with Crippen molar-refractivity contribution in [2.24, 2.45) is 5.92 Å². The third-order valence-electron chi connectivity index (χ3n) is 4.37. The van der Waals surface area contributed by atoms with Gasteiger partial charge >= 0.3 is 0 Å². The van der Waals surface area contributed by atoms with Crippen molar-refractivity contribution in [1.29, 1.82) is 0 Å². The van der Waals surface area contributed by atoms with E-state index in [1.54, 1.807) is 7.11 Å². The molecular weight excluding hydrogens is 284 g/mol. The van der Waals surface area contributed by atoms with Crippen LogP contribution < -0.4 is 0 Å². The van der Waals surface area contributed by atoms with Crippen LogP contribution in [0.4, 0.5) is 0 Å². The number of methoxy groups -OCH3 is 1. The van der Waals surface area contributed by atoms with Gasteiger partial charge in [0.25, 0.3) is 0 Å². The van der Waals surface area contributed by atoms with Crippen molar-refractivity contribution in [3.8, 4) is 0 Å². The molecule has 0 radical (unpaired) electrons. The van der Waals surface area contributed by atoms with Crippen LogP contribution in [0.2, 0.25) is 0 Å². The van der Waals surface area contributed by atoms with Crippen LogP contribution in [0.1, 0.15) is 45.1 Å². The number of hydrogen-bond donors (Lipinski definition) is 0. The van der Waals surface area contributed by atoms with Gasteiger partial charge in [-0.15, -0.1) is 0 Å². The van der Waals surface area contributed by atoms with Gasteiger partial charge in [0.1, 0.15) is 6.79 Å². The zero-order valence-corrected chi connectivity index (χ0v) is 14.8. The van der Waals surface area contributed by atoms with Gasteiger partial charge in [0.2, 0.25) is 0 Å². The molecule has 0 fully saturated rings. The molecule has 1 unspecified atom stereocenters. The topological polar surface area (TPSA) is 18.5 Å². The van der Waals surface area contributed by atoms with Crippen molar-refractivity contribution < 1.29 is 9.47 Å². The van der Waals surface area contributed by atoms with E-state index < -0.39 is 0 Å². The van der Waals surface area contributed by atoms with E-state index >= 15 is 0 Å². The molecule has 0 saturated carbocycles. The molecule has 1 aliphatic rings. The Bertz CT molecular complexity index is 514. The number of unbranched alkanes of at least 4 members (excludes halogenated alkanes) is 1. The first-order valence-electron chi connectivity index (χ1n) is 8.74. The summed E-state index contributed by atoms with van der Waals surface area (Å²) in [5.41, 5.74) is 4.35. The van der Waals surface area contributed by atoms with Gasteiger partial charge in [-0.1, -0.05) is 61.9 Å². The molecule has 0 aromatic heterocycles. The highest BCUT2D eigenvalue weighted by Gasteiger charge is 2.17. The van der Waals surface area contributed by atoms with Crippen LogP contribution in [-0.2, 0) is 15.9 Å². The molecule has 0 saturated heterocycles. The van der Waals surface area contributed by atoms with Crippen molar-refractivity contribution in [2.45, 2.75) is 52.1 Å². The second kappa shape index (κ2) is 9.69.